The summed E-state index contributed by atoms with van der Waals surface area (Å²) in [5.74, 6) is 0.598. The molecule has 0 aromatic heterocycles. The van der Waals surface area contributed by atoms with Crippen molar-refractivity contribution in [1.29, 1.82) is 0 Å². The van der Waals surface area contributed by atoms with Crippen molar-refractivity contribution < 1.29 is 14.6 Å². The zero-order valence-corrected chi connectivity index (χ0v) is 12.7. The molecule has 1 rings (SSSR count). The van der Waals surface area contributed by atoms with Crippen molar-refractivity contribution in [2.45, 2.75) is 25.8 Å². The Morgan fingerprint density at radius 2 is 2.26 bits per heavy atom. The molecule has 1 aromatic carbocycles. The van der Waals surface area contributed by atoms with Crippen LogP contribution < -0.4 is 15.4 Å². The van der Waals surface area contributed by atoms with Crippen molar-refractivity contribution >= 4 is 27.6 Å². The van der Waals surface area contributed by atoms with Gasteiger partial charge in [0.1, 0.15) is 5.75 Å². The summed E-state index contributed by atoms with van der Waals surface area (Å²) >= 11 is 3.35. The van der Waals surface area contributed by atoms with Gasteiger partial charge in [0, 0.05) is 17.1 Å². The fourth-order valence-corrected chi connectivity index (χ4v) is 1.99. The number of ether oxygens (including phenoxy) is 1. The highest BCUT2D eigenvalue weighted by molar-refractivity contribution is 9.10. The molecule has 106 valence electrons. The SMILES string of the molecule is COc1ccc(Br)cc1NC(=O)NC(C)CCCO. The number of benzene rings is 1. The zero-order chi connectivity index (χ0) is 14.3. The molecule has 19 heavy (non-hydrogen) atoms. The molecule has 1 unspecified atom stereocenters. The largest absolute Gasteiger partial charge is 0.495 e. The first-order valence-corrected chi connectivity index (χ1v) is 6.88. The van der Waals surface area contributed by atoms with Crippen molar-refractivity contribution in [3.05, 3.63) is 22.7 Å². The number of halogens is 1. The molecule has 0 saturated carbocycles. The number of carbonyl (C=O) groups excluding carboxylic acids is 1. The van der Waals surface area contributed by atoms with Gasteiger partial charge < -0.3 is 20.5 Å². The monoisotopic (exact) mass is 330 g/mol. The minimum atomic E-state index is -0.290. The maximum absolute atomic E-state index is 11.8. The lowest BCUT2D eigenvalue weighted by Gasteiger charge is -2.15. The van der Waals surface area contributed by atoms with Crippen LogP contribution in [0, 0.1) is 0 Å². The summed E-state index contributed by atoms with van der Waals surface area (Å²) < 4.78 is 6.03. The van der Waals surface area contributed by atoms with Crippen LogP contribution in [0.4, 0.5) is 10.5 Å². The van der Waals surface area contributed by atoms with Gasteiger partial charge >= 0.3 is 6.03 Å². The van der Waals surface area contributed by atoms with Gasteiger partial charge in [-0.25, -0.2) is 4.79 Å². The van der Waals surface area contributed by atoms with Gasteiger partial charge in [-0.1, -0.05) is 15.9 Å². The summed E-state index contributed by atoms with van der Waals surface area (Å²) in [7, 11) is 1.55. The summed E-state index contributed by atoms with van der Waals surface area (Å²) in [4.78, 5) is 11.8. The van der Waals surface area contributed by atoms with Crippen LogP contribution in [0.2, 0.25) is 0 Å². The van der Waals surface area contributed by atoms with Gasteiger partial charge in [0.2, 0.25) is 0 Å². The molecule has 6 heteroatoms. The van der Waals surface area contributed by atoms with E-state index in [4.69, 9.17) is 9.84 Å². The highest BCUT2D eigenvalue weighted by Gasteiger charge is 2.10. The quantitative estimate of drug-likeness (QED) is 0.751. The van der Waals surface area contributed by atoms with E-state index in [1.807, 2.05) is 13.0 Å². The number of rotatable bonds is 6. The number of aliphatic hydroxyl groups excluding tert-OH is 1. The third-order valence-electron chi connectivity index (χ3n) is 2.58. The molecule has 2 amide bonds. The van der Waals surface area contributed by atoms with E-state index in [-0.39, 0.29) is 18.7 Å². The molecule has 0 fully saturated rings. The van der Waals surface area contributed by atoms with Gasteiger partial charge in [0.25, 0.3) is 0 Å². The fraction of sp³-hybridized carbons (Fsp3) is 0.462. The number of anilines is 1. The number of nitrogens with one attached hydrogen (secondary N) is 2. The van der Waals surface area contributed by atoms with Crippen LogP contribution in [0.15, 0.2) is 22.7 Å². The van der Waals surface area contributed by atoms with Crippen molar-refractivity contribution in [2.75, 3.05) is 19.0 Å². The smallest absolute Gasteiger partial charge is 0.319 e. The third-order valence-corrected chi connectivity index (χ3v) is 3.08. The molecule has 3 N–H and O–H groups in total. The van der Waals surface area contributed by atoms with Crippen LogP contribution in [-0.4, -0.2) is 30.9 Å². The third kappa shape index (κ3) is 5.48. The molecule has 0 heterocycles. The molecule has 5 nitrogen and oxygen atoms in total. The van der Waals surface area contributed by atoms with E-state index in [1.165, 1.54) is 0 Å². The Bertz CT molecular complexity index is 426. The number of hydrogen-bond donors (Lipinski definition) is 3. The summed E-state index contributed by atoms with van der Waals surface area (Å²) in [6, 6.07) is 5.10. The zero-order valence-electron chi connectivity index (χ0n) is 11.1. The summed E-state index contributed by atoms with van der Waals surface area (Å²) in [6.45, 7) is 2.03. The van der Waals surface area contributed by atoms with Crippen LogP contribution in [0.3, 0.4) is 0 Å². The lowest BCUT2D eigenvalue weighted by atomic mass is 10.2. The Morgan fingerprint density at radius 1 is 1.53 bits per heavy atom. The van der Waals surface area contributed by atoms with Crippen molar-refractivity contribution in [3.63, 3.8) is 0 Å². The van der Waals surface area contributed by atoms with E-state index in [1.54, 1.807) is 19.2 Å². The second-order valence-electron chi connectivity index (χ2n) is 4.21. The lowest BCUT2D eigenvalue weighted by molar-refractivity contribution is 0.245. The topological polar surface area (TPSA) is 70.6 Å². The summed E-state index contributed by atoms with van der Waals surface area (Å²) in [5.41, 5.74) is 0.601. The number of carbonyl (C=O) groups is 1. The first kappa shape index (κ1) is 15.8. The molecule has 0 aliphatic rings. The molecule has 0 aliphatic heterocycles. The van der Waals surface area contributed by atoms with Gasteiger partial charge in [-0.3, -0.25) is 0 Å². The number of amides is 2. The van der Waals surface area contributed by atoms with Crippen molar-refractivity contribution in [2.24, 2.45) is 0 Å². The Labute approximate surface area is 121 Å². The molecular weight excluding hydrogens is 312 g/mol. The standard InChI is InChI=1S/C13H19BrN2O3/c1-9(4-3-7-17)15-13(18)16-11-8-10(14)5-6-12(11)19-2/h5-6,8-9,17H,3-4,7H2,1-2H3,(H2,15,16,18). The maximum atomic E-state index is 11.8. The number of urea groups is 1. The number of aliphatic hydroxyl groups is 1. The summed E-state index contributed by atoms with van der Waals surface area (Å²) in [5, 5.41) is 14.3. The lowest BCUT2D eigenvalue weighted by Crippen LogP contribution is -2.36. The van der Waals surface area contributed by atoms with Crippen molar-refractivity contribution in [1.82, 2.24) is 5.32 Å². The van der Waals surface area contributed by atoms with Crippen LogP contribution in [0.25, 0.3) is 0 Å². The molecule has 0 radical (unpaired) electrons. The first-order chi connectivity index (χ1) is 9.06. The summed E-state index contributed by atoms with van der Waals surface area (Å²) in [6.07, 6.45) is 1.40. The van der Waals surface area contributed by atoms with E-state index >= 15 is 0 Å². The van der Waals surface area contributed by atoms with Crippen LogP contribution in [0.5, 0.6) is 5.75 Å². The average molecular weight is 331 g/mol. The molecule has 1 atom stereocenters. The Morgan fingerprint density at radius 3 is 2.89 bits per heavy atom. The Hall–Kier alpha value is -1.27. The predicted molar refractivity (Wildman–Crippen MR) is 78.6 cm³/mol. The van der Waals surface area contributed by atoms with Crippen LogP contribution >= 0.6 is 15.9 Å². The fourth-order valence-electron chi connectivity index (χ4n) is 1.63. The van der Waals surface area contributed by atoms with Crippen molar-refractivity contribution in [3.8, 4) is 5.75 Å². The normalized spacial score (nSPS) is 11.8. The van der Waals surface area contributed by atoms with Gasteiger partial charge in [0.15, 0.2) is 0 Å². The van der Waals surface area contributed by atoms with Gasteiger partial charge in [-0.05, 0) is 38.0 Å². The molecular formula is C13H19BrN2O3. The maximum Gasteiger partial charge on any atom is 0.319 e. The van der Waals surface area contributed by atoms with E-state index in [2.05, 4.69) is 26.6 Å². The number of methoxy groups -OCH3 is 1. The molecule has 0 aliphatic carbocycles. The molecule has 0 saturated heterocycles. The van der Waals surface area contributed by atoms with Gasteiger partial charge in [0.05, 0.1) is 12.8 Å². The van der Waals surface area contributed by atoms with Crippen LogP contribution in [0.1, 0.15) is 19.8 Å². The first-order valence-electron chi connectivity index (χ1n) is 6.08. The van der Waals surface area contributed by atoms with Crippen LogP contribution in [-0.2, 0) is 0 Å². The van der Waals surface area contributed by atoms with E-state index in [0.717, 1.165) is 10.9 Å². The minimum Gasteiger partial charge on any atom is -0.495 e. The Kier molecular flexibility index (Phi) is 6.66. The predicted octanol–water partition coefficient (Wildman–Crippen LogP) is 2.74. The van der Waals surface area contributed by atoms with E-state index in [0.29, 0.717) is 17.9 Å². The van der Waals surface area contributed by atoms with Gasteiger partial charge in [-0.2, -0.15) is 0 Å². The molecule has 0 spiro atoms. The highest BCUT2D eigenvalue weighted by atomic mass is 79.9. The molecule has 0 bridgehead atoms. The van der Waals surface area contributed by atoms with Gasteiger partial charge in [-0.15, -0.1) is 0 Å². The highest BCUT2D eigenvalue weighted by Crippen LogP contribution is 2.27. The average Bonchev–Trinajstić information content (AvgIpc) is 2.36. The molecule has 1 aromatic rings. The minimum absolute atomic E-state index is 0.00491. The van der Waals surface area contributed by atoms with E-state index < -0.39 is 0 Å². The van der Waals surface area contributed by atoms with E-state index in [9.17, 15) is 4.79 Å². The number of hydrogen-bond acceptors (Lipinski definition) is 3. The second-order valence-corrected chi connectivity index (χ2v) is 5.13. The Balaban J connectivity index is 2.59. The second kappa shape index (κ2) is 8.01.